The van der Waals surface area contributed by atoms with Gasteiger partial charge in [0, 0.05) is 40.8 Å². The number of hydrogen-bond acceptors (Lipinski definition) is 4. The van der Waals surface area contributed by atoms with Crippen molar-refractivity contribution < 1.29 is 9.53 Å². The predicted octanol–water partition coefficient (Wildman–Crippen LogP) is 3.64. The number of anilines is 1. The first kappa shape index (κ1) is 22.1. The van der Waals surface area contributed by atoms with Crippen LogP contribution in [-0.2, 0) is 0 Å². The van der Waals surface area contributed by atoms with Crippen LogP contribution in [0.1, 0.15) is 24.2 Å². The summed E-state index contributed by atoms with van der Waals surface area (Å²) >= 11 is 5.85. The molecular weight excluding hydrogens is 390 g/mol. The molecule has 0 atom stereocenters. The zero-order valence-electron chi connectivity index (χ0n) is 16.6. The highest BCUT2D eigenvalue weighted by molar-refractivity contribution is 6.30. The van der Waals surface area contributed by atoms with Crippen molar-refractivity contribution in [2.75, 3.05) is 25.5 Å². The Bertz CT molecular complexity index is 904. The van der Waals surface area contributed by atoms with E-state index in [1.54, 1.807) is 37.4 Å². The molecule has 2 aromatic carbocycles. The first-order chi connectivity index (χ1) is 13.8. The molecule has 29 heavy (non-hydrogen) atoms. The Labute approximate surface area is 175 Å². The normalized spacial score (nSPS) is 11.3. The van der Waals surface area contributed by atoms with Gasteiger partial charge in [0.05, 0.1) is 7.11 Å². The second kappa shape index (κ2) is 10.3. The SMILES string of the molecule is COc1cccc(NC(=NCC(C)(C)CNC(=O)c2ccc(Cl)cc2)NC#N)c1. The number of halogens is 1. The third-order valence-electron chi connectivity index (χ3n) is 4.01. The molecule has 8 heteroatoms. The first-order valence-electron chi connectivity index (χ1n) is 8.97. The lowest BCUT2D eigenvalue weighted by Crippen LogP contribution is -2.37. The van der Waals surface area contributed by atoms with Crippen molar-refractivity contribution in [2.24, 2.45) is 10.4 Å². The number of nitrogens with one attached hydrogen (secondary N) is 3. The molecule has 0 spiro atoms. The molecule has 0 aliphatic heterocycles. The van der Waals surface area contributed by atoms with Gasteiger partial charge >= 0.3 is 0 Å². The fourth-order valence-corrected chi connectivity index (χ4v) is 2.50. The Hall–Kier alpha value is -3.24. The van der Waals surface area contributed by atoms with Crippen LogP contribution in [0.2, 0.25) is 5.02 Å². The maximum Gasteiger partial charge on any atom is 0.251 e. The largest absolute Gasteiger partial charge is 0.497 e. The second-order valence-corrected chi connectivity index (χ2v) is 7.55. The number of aliphatic imine (C=N–C) groups is 1. The van der Waals surface area contributed by atoms with E-state index in [-0.39, 0.29) is 11.3 Å². The van der Waals surface area contributed by atoms with E-state index in [0.717, 1.165) is 5.69 Å². The summed E-state index contributed by atoms with van der Waals surface area (Å²) in [5.74, 6) is 0.831. The molecule has 0 fully saturated rings. The van der Waals surface area contributed by atoms with Crippen LogP contribution in [0.4, 0.5) is 5.69 Å². The van der Waals surface area contributed by atoms with Crippen molar-refractivity contribution >= 4 is 29.2 Å². The Balaban J connectivity index is 1.97. The van der Waals surface area contributed by atoms with Gasteiger partial charge in [0.15, 0.2) is 6.19 Å². The highest BCUT2D eigenvalue weighted by Gasteiger charge is 2.19. The summed E-state index contributed by atoms with van der Waals surface area (Å²) in [5, 5.41) is 18.1. The number of nitriles is 1. The number of carbonyl (C=O) groups is 1. The number of nitrogens with zero attached hydrogens (tertiary/aromatic N) is 2. The molecule has 0 heterocycles. The zero-order chi connectivity index (χ0) is 21.3. The lowest BCUT2D eigenvalue weighted by atomic mass is 9.93. The fraction of sp³-hybridized carbons (Fsp3) is 0.286. The quantitative estimate of drug-likeness (QED) is 0.278. The number of ether oxygens (including phenoxy) is 1. The number of amides is 1. The molecule has 1 amide bonds. The van der Waals surface area contributed by atoms with Gasteiger partial charge in [0.25, 0.3) is 5.91 Å². The van der Waals surface area contributed by atoms with Crippen molar-refractivity contribution in [1.82, 2.24) is 10.6 Å². The minimum Gasteiger partial charge on any atom is -0.497 e. The summed E-state index contributed by atoms with van der Waals surface area (Å²) in [4.78, 5) is 16.7. The van der Waals surface area contributed by atoms with Crippen LogP contribution >= 0.6 is 11.6 Å². The van der Waals surface area contributed by atoms with E-state index >= 15 is 0 Å². The number of carbonyl (C=O) groups excluding carboxylic acids is 1. The predicted molar refractivity (Wildman–Crippen MR) is 115 cm³/mol. The van der Waals surface area contributed by atoms with Gasteiger partial charge in [-0.15, -0.1) is 0 Å². The maximum atomic E-state index is 12.3. The van der Waals surface area contributed by atoms with Crippen LogP contribution < -0.4 is 20.7 Å². The standard InChI is InChI=1S/C21H24ClN5O2/c1-21(2,12-24-19(28)15-7-9-16(22)10-8-15)13-25-20(26-14-23)27-17-5-4-6-18(11-17)29-3/h4-11H,12-13H2,1-3H3,(H,24,28)(H2,25,26,27). The Kier molecular flexibility index (Phi) is 7.87. The third kappa shape index (κ3) is 7.35. The second-order valence-electron chi connectivity index (χ2n) is 7.11. The Morgan fingerprint density at radius 1 is 1.24 bits per heavy atom. The molecule has 0 aliphatic rings. The van der Waals surface area contributed by atoms with Gasteiger partial charge in [-0.2, -0.15) is 5.26 Å². The molecule has 3 N–H and O–H groups in total. The molecule has 0 radical (unpaired) electrons. The Morgan fingerprint density at radius 2 is 1.97 bits per heavy atom. The summed E-state index contributed by atoms with van der Waals surface area (Å²) < 4.78 is 5.20. The molecule has 7 nitrogen and oxygen atoms in total. The van der Waals surface area contributed by atoms with Crippen LogP contribution in [-0.4, -0.2) is 32.1 Å². The van der Waals surface area contributed by atoms with Gasteiger partial charge in [0.1, 0.15) is 5.75 Å². The summed E-state index contributed by atoms with van der Waals surface area (Å²) in [5.41, 5.74) is 0.945. The van der Waals surface area contributed by atoms with Gasteiger partial charge in [-0.05, 0) is 36.4 Å². The number of guanidine groups is 1. The van der Waals surface area contributed by atoms with Crippen molar-refractivity contribution in [3.8, 4) is 11.9 Å². The van der Waals surface area contributed by atoms with Crippen molar-refractivity contribution in [3.05, 3.63) is 59.1 Å². The van der Waals surface area contributed by atoms with E-state index in [1.165, 1.54) is 0 Å². The van der Waals surface area contributed by atoms with Crippen LogP contribution in [0, 0.1) is 16.9 Å². The van der Waals surface area contributed by atoms with Crippen molar-refractivity contribution in [1.29, 1.82) is 5.26 Å². The lowest BCUT2D eigenvalue weighted by molar-refractivity contribution is 0.0938. The molecule has 2 aromatic rings. The molecule has 152 valence electrons. The highest BCUT2D eigenvalue weighted by Crippen LogP contribution is 2.18. The van der Waals surface area contributed by atoms with Gasteiger partial charge < -0.3 is 15.4 Å². The lowest BCUT2D eigenvalue weighted by Gasteiger charge is -2.23. The smallest absolute Gasteiger partial charge is 0.251 e. The van der Waals surface area contributed by atoms with Crippen LogP contribution in [0.5, 0.6) is 5.75 Å². The summed E-state index contributed by atoms with van der Waals surface area (Å²) in [6.07, 6.45) is 1.87. The molecule has 0 unspecified atom stereocenters. The minimum absolute atomic E-state index is 0.177. The van der Waals surface area contributed by atoms with E-state index < -0.39 is 0 Å². The average molecular weight is 414 g/mol. The molecule has 0 aromatic heterocycles. The maximum absolute atomic E-state index is 12.3. The van der Waals surface area contributed by atoms with Crippen LogP contribution in [0.3, 0.4) is 0 Å². The molecule has 0 bridgehead atoms. The van der Waals surface area contributed by atoms with Crippen molar-refractivity contribution in [3.63, 3.8) is 0 Å². The number of methoxy groups -OCH3 is 1. The number of benzene rings is 2. The van der Waals surface area contributed by atoms with Crippen molar-refractivity contribution in [2.45, 2.75) is 13.8 Å². The van der Waals surface area contributed by atoms with Crippen LogP contribution in [0.15, 0.2) is 53.5 Å². The number of hydrogen-bond donors (Lipinski definition) is 3. The highest BCUT2D eigenvalue weighted by atomic mass is 35.5. The molecule has 0 saturated heterocycles. The minimum atomic E-state index is -0.333. The molecule has 0 saturated carbocycles. The first-order valence-corrected chi connectivity index (χ1v) is 9.35. The van der Waals surface area contributed by atoms with Gasteiger partial charge in [-0.25, -0.2) is 0 Å². The van der Waals surface area contributed by atoms with Gasteiger partial charge in [0.2, 0.25) is 5.96 Å². The fourth-order valence-electron chi connectivity index (χ4n) is 2.37. The monoisotopic (exact) mass is 413 g/mol. The molecule has 2 rings (SSSR count). The average Bonchev–Trinajstić information content (AvgIpc) is 2.71. The summed E-state index contributed by atoms with van der Waals surface area (Å²) in [6, 6.07) is 14.0. The molecule has 0 aliphatic carbocycles. The van der Waals surface area contributed by atoms with E-state index in [9.17, 15) is 4.79 Å². The number of rotatable bonds is 7. The third-order valence-corrected chi connectivity index (χ3v) is 4.26. The zero-order valence-corrected chi connectivity index (χ0v) is 17.4. The van der Waals surface area contributed by atoms with Crippen LogP contribution in [0.25, 0.3) is 0 Å². The van der Waals surface area contributed by atoms with E-state index in [2.05, 4.69) is 20.9 Å². The van der Waals surface area contributed by atoms with Gasteiger partial charge in [-0.1, -0.05) is 31.5 Å². The summed E-state index contributed by atoms with van der Waals surface area (Å²) in [7, 11) is 1.59. The molecular formula is C21H24ClN5O2. The van der Waals surface area contributed by atoms with E-state index in [4.69, 9.17) is 21.6 Å². The summed E-state index contributed by atoms with van der Waals surface area (Å²) in [6.45, 7) is 4.76. The topological polar surface area (TPSA) is 98.5 Å². The van der Waals surface area contributed by atoms with Gasteiger partial charge in [-0.3, -0.25) is 15.1 Å². The Morgan fingerprint density at radius 3 is 2.62 bits per heavy atom. The van der Waals surface area contributed by atoms with E-state index in [1.807, 2.05) is 38.2 Å². The van der Waals surface area contributed by atoms with E-state index in [0.29, 0.717) is 35.4 Å².